The maximum absolute atomic E-state index is 12.2. The van der Waals surface area contributed by atoms with Gasteiger partial charge in [-0.2, -0.15) is 26.6 Å². The lowest BCUT2D eigenvalue weighted by Gasteiger charge is -2.06. The molecule has 0 spiro atoms. The molecule has 0 bridgehead atoms. The Morgan fingerprint density at radius 1 is 1.21 bits per heavy atom. The molecule has 0 radical (unpaired) electrons. The van der Waals surface area contributed by atoms with Crippen molar-refractivity contribution in [1.29, 1.82) is 0 Å². The average Bonchev–Trinajstić information content (AvgIpc) is 2.57. The predicted octanol–water partition coefficient (Wildman–Crippen LogP) is 1.57. The zero-order valence-electron chi connectivity index (χ0n) is 9.76. The molecule has 0 aliphatic rings. The minimum absolute atomic E-state index is 0.220. The van der Waals surface area contributed by atoms with Crippen molar-refractivity contribution in [2.45, 2.75) is 19.4 Å². The summed E-state index contributed by atoms with van der Waals surface area (Å²) in [5, 5.41) is 0. The number of imidazole rings is 1. The van der Waals surface area contributed by atoms with Crippen molar-refractivity contribution in [3.05, 3.63) is 23.8 Å². The van der Waals surface area contributed by atoms with E-state index in [4.69, 9.17) is 0 Å². The Morgan fingerprint density at radius 3 is 2.42 bits per heavy atom. The molecule has 2 aromatic heterocycles. The number of hydrogen-bond acceptors (Lipinski definition) is 5. The van der Waals surface area contributed by atoms with Crippen molar-refractivity contribution in [1.82, 2.24) is 14.4 Å². The summed E-state index contributed by atoms with van der Waals surface area (Å²) in [5.74, 6) is -0.659. The third kappa shape index (κ3) is 2.48. The summed E-state index contributed by atoms with van der Waals surface area (Å²) in [4.78, 5) is 7.70. The summed E-state index contributed by atoms with van der Waals surface area (Å²) < 4.78 is 63.4. The molecule has 0 unspecified atom stereocenters. The number of nitrogens with zero attached hydrogens (tertiary/aromatic N) is 3. The van der Waals surface area contributed by atoms with Crippen molar-refractivity contribution < 1.29 is 25.8 Å². The average molecular weight is 295 g/mol. The molecule has 6 nitrogen and oxygen atoms in total. The molecule has 0 atom stereocenters. The van der Waals surface area contributed by atoms with Crippen molar-refractivity contribution in [2.24, 2.45) is 0 Å². The van der Waals surface area contributed by atoms with Gasteiger partial charge in [0.05, 0.1) is 17.6 Å². The van der Waals surface area contributed by atoms with E-state index in [1.165, 1.54) is 10.6 Å². The van der Waals surface area contributed by atoms with E-state index < -0.39 is 21.5 Å². The van der Waals surface area contributed by atoms with Gasteiger partial charge < -0.3 is 4.18 Å². The third-order valence-corrected chi connectivity index (χ3v) is 3.14. The summed E-state index contributed by atoms with van der Waals surface area (Å²) in [5.41, 5.74) is -4.23. The summed E-state index contributed by atoms with van der Waals surface area (Å²) in [6.07, 6.45) is 2.53. The molecule has 0 aromatic carbocycles. The van der Waals surface area contributed by atoms with E-state index in [1.807, 2.05) is 0 Å². The van der Waals surface area contributed by atoms with Gasteiger partial charge in [-0.15, -0.1) is 0 Å². The van der Waals surface area contributed by atoms with Gasteiger partial charge in [-0.05, 0) is 13.8 Å². The normalized spacial score (nSPS) is 12.9. The standard InChI is InChI=1S/C9H8F3N3O3S/c1-5-3-15-4-7(14-8(15)6(2)13-5)18-19(16,17)9(10,11)12/h3-4H,1-2H3. The maximum Gasteiger partial charge on any atom is 0.534 e. The number of hydrogen-bond donors (Lipinski definition) is 0. The summed E-state index contributed by atoms with van der Waals surface area (Å²) >= 11 is 0. The Kier molecular flexibility index (Phi) is 2.92. The van der Waals surface area contributed by atoms with E-state index >= 15 is 0 Å². The summed E-state index contributed by atoms with van der Waals surface area (Å²) in [6.45, 7) is 3.27. The van der Waals surface area contributed by atoms with Crippen LogP contribution >= 0.6 is 0 Å². The van der Waals surface area contributed by atoms with Crippen LogP contribution in [-0.4, -0.2) is 28.3 Å². The molecule has 0 saturated heterocycles. The third-order valence-electron chi connectivity index (χ3n) is 2.18. The lowest BCUT2D eigenvalue weighted by molar-refractivity contribution is -0.0501. The molecule has 104 valence electrons. The quantitative estimate of drug-likeness (QED) is 0.621. The van der Waals surface area contributed by atoms with Crippen molar-refractivity contribution in [2.75, 3.05) is 0 Å². The molecule has 2 rings (SSSR count). The van der Waals surface area contributed by atoms with Gasteiger partial charge in [0.1, 0.15) is 0 Å². The van der Waals surface area contributed by atoms with Crippen molar-refractivity contribution >= 4 is 15.8 Å². The van der Waals surface area contributed by atoms with Crippen LogP contribution < -0.4 is 4.18 Å². The smallest absolute Gasteiger partial charge is 0.354 e. The second-order valence-corrected chi connectivity index (χ2v) is 5.30. The highest BCUT2D eigenvalue weighted by Gasteiger charge is 2.49. The van der Waals surface area contributed by atoms with E-state index in [9.17, 15) is 21.6 Å². The highest BCUT2D eigenvalue weighted by Crippen LogP contribution is 2.26. The van der Waals surface area contributed by atoms with E-state index in [-0.39, 0.29) is 5.65 Å². The van der Waals surface area contributed by atoms with E-state index in [0.717, 1.165) is 6.20 Å². The van der Waals surface area contributed by atoms with Crippen LogP contribution in [0.5, 0.6) is 5.88 Å². The monoisotopic (exact) mass is 295 g/mol. The lowest BCUT2D eigenvalue weighted by atomic mass is 10.4. The van der Waals surface area contributed by atoms with Gasteiger partial charge in [-0.3, -0.25) is 9.38 Å². The van der Waals surface area contributed by atoms with Crippen LogP contribution in [0.15, 0.2) is 12.4 Å². The number of aryl methyl sites for hydroxylation is 2. The van der Waals surface area contributed by atoms with E-state index in [0.29, 0.717) is 11.4 Å². The number of aromatic nitrogens is 3. The van der Waals surface area contributed by atoms with Crippen LogP contribution in [0.4, 0.5) is 13.2 Å². The molecule has 0 N–H and O–H groups in total. The van der Waals surface area contributed by atoms with Crippen LogP contribution in [0, 0.1) is 13.8 Å². The molecule has 0 aliphatic carbocycles. The molecular formula is C9H8F3N3O3S. The first-order valence-corrected chi connectivity index (χ1v) is 6.35. The van der Waals surface area contributed by atoms with Crippen LogP contribution in [0.1, 0.15) is 11.4 Å². The minimum atomic E-state index is -5.72. The fourth-order valence-corrected chi connectivity index (χ4v) is 1.88. The topological polar surface area (TPSA) is 73.6 Å². The first-order chi connectivity index (χ1) is 8.60. The van der Waals surface area contributed by atoms with Gasteiger partial charge in [0.15, 0.2) is 5.65 Å². The molecule has 2 heterocycles. The first-order valence-electron chi connectivity index (χ1n) is 4.94. The summed E-state index contributed by atoms with van der Waals surface area (Å²) in [6, 6.07) is 0. The van der Waals surface area contributed by atoms with Gasteiger partial charge in [-0.1, -0.05) is 0 Å². The highest BCUT2D eigenvalue weighted by atomic mass is 32.2. The number of alkyl halides is 3. The number of halogens is 3. The Balaban J connectivity index is 2.46. The fourth-order valence-electron chi connectivity index (χ4n) is 1.48. The second kappa shape index (κ2) is 4.08. The van der Waals surface area contributed by atoms with E-state index in [1.54, 1.807) is 13.8 Å². The minimum Gasteiger partial charge on any atom is -0.354 e. The molecule has 0 saturated carbocycles. The first kappa shape index (κ1) is 13.6. The van der Waals surface area contributed by atoms with Crippen LogP contribution in [-0.2, 0) is 10.1 Å². The molecular weight excluding hydrogens is 287 g/mol. The number of fused-ring (bicyclic) bond motifs is 1. The highest BCUT2D eigenvalue weighted by molar-refractivity contribution is 7.87. The Hall–Kier alpha value is -1.84. The summed E-state index contributed by atoms with van der Waals surface area (Å²) in [7, 11) is -5.72. The zero-order chi connectivity index (χ0) is 14.4. The van der Waals surface area contributed by atoms with Crippen LogP contribution in [0.3, 0.4) is 0 Å². The lowest BCUT2D eigenvalue weighted by Crippen LogP contribution is -2.28. The fraction of sp³-hybridized carbons (Fsp3) is 0.333. The molecule has 10 heteroatoms. The van der Waals surface area contributed by atoms with Gasteiger partial charge in [-0.25, -0.2) is 0 Å². The predicted molar refractivity (Wildman–Crippen MR) is 58.1 cm³/mol. The maximum atomic E-state index is 12.2. The molecule has 0 aliphatic heterocycles. The van der Waals surface area contributed by atoms with Gasteiger partial charge >= 0.3 is 15.6 Å². The van der Waals surface area contributed by atoms with E-state index in [2.05, 4.69) is 14.2 Å². The number of rotatable bonds is 2. The van der Waals surface area contributed by atoms with Crippen LogP contribution in [0.25, 0.3) is 5.65 Å². The van der Waals surface area contributed by atoms with Gasteiger partial charge in [0, 0.05) is 6.20 Å². The molecule has 0 amide bonds. The zero-order valence-corrected chi connectivity index (χ0v) is 10.6. The van der Waals surface area contributed by atoms with Crippen LogP contribution in [0.2, 0.25) is 0 Å². The molecule has 2 aromatic rings. The van der Waals surface area contributed by atoms with Gasteiger partial charge in [0.2, 0.25) is 0 Å². The van der Waals surface area contributed by atoms with Gasteiger partial charge in [0.25, 0.3) is 5.88 Å². The second-order valence-electron chi connectivity index (χ2n) is 3.76. The molecule has 0 fully saturated rings. The Morgan fingerprint density at radius 2 is 1.84 bits per heavy atom. The Labute approximate surface area is 106 Å². The largest absolute Gasteiger partial charge is 0.534 e. The van der Waals surface area contributed by atoms with Crippen molar-refractivity contribution in [3.8, 4) is 5.88 Å². The van der Waals surface area contributed by atoms with Crippen molar-refractivity contribution in [3.63, 3.8) is 0 Å². The Bertz CT molecular complexity index is 736. The SMILES string of the molecule is Cc1cn2cc(OS(=O)(=O)C(F)(F)F)nc2c(C)n1. The molecule has 19 heavy (non-hydrogen) atoms.